The van der Waals surface area contributed by atoms with E-state index in [-0.39, 0.29) is 5.92 Å². The molecule has 0 fully saturated rings. The summed E-state index contributed by atoms with van der Waals surface area (Å²) < 4.78 is 11.1. The first kappa shape index (κ1) is 16.1. The molecule has 2 aromatic heterocycles. The van der Waals surface area contributed by atoms with Crippen molar-refractivity contribution >= 4 is 0 Å². The molecule has 0 aliphatic rings. The second-order valence-electron chi connectivity index (χ2n) is 6.17. The van der Waals surface area contributed by atoms with Gasteiger partial charge in [-0.15, -0.1) is 10.2 Å². The van der Waals surface area contributed by atoms with E-state index in [1.807, 2.05) is 30.3 Å². The van der Waals surface area contributed by atoms with E-state index in [1.165, 1.54) is 6.39 Å². The van der Waals surface area contributed by atoms with Gasteiger partial charge in [0.25, 0.3) is 0 Å². The second kappa shape index (κ2) is 6.78. The van der Waals surface area contributed by atoms with E-state index < -0.39 is 0 Å². The molecule has 6 nitrogen and oxygen atoms in total. The predicted molar refractivity (Wildman–Crippen MR) is 90.0 cm³/mol. The van der Waals surface area contributed by atoms with Crippen molar-refractivity contribution in [2.45, 2.75) is 39.5 Å². The molecule has 0 atom stereocenters. The summed E-state index contributed by atoms with van der Waals surface area (Å²) in [5.74, 6) is 3.08. The van der Waals surface area contributed by atoms with Crippen molar-refractivity contribution in [2.75, 3.05) is 0 Å². The third kappa shape index (κ3) is 3.59. The Morgan fingerprint density at radius 1 is 0.958 bits per heavy atom. The monoisotopic (exact) mass is 324 g/mol. The van der Waals surface area contributed by atoms with Crippen LogP contribution in [0.2, 0.25) is 0 Å². The molecular formula is C18H20N4O2. The molecule has 124 valence electrons. The summed E-state index contributed by atoms with van der Waals surface area (Å²) in [5, 5.41) is 7.56. The third-order valence-electron chi connectivity index (χ3n) is 3.53. The number of benzene rings is 1. The largest absolute Gasteiger partial charge is 0.439 e. The molecule has 0 saturated heterocycles. The summed E-state index contributed by atoms with van der Waals surface area (Å²) in [5.41, 5.74) is 1.82. The molecule has 3 rings (SSSR count). The molecule has 3 aromatic rings. The highest BCUT2D eigenvalue weighted by Gasteiger charge is 2.12. The van der Waals surface area contributed by atoms with Gasteiger partial charge in [-0.25, -0.2) is 4.98 Å². The van der Waals surface area contributed by atoms with Crippen molar-refractivity contribution < 1.29 is 9.15 Å². The fourth-order valence-corrected chi connectivity index (χ4v) is 2.15. The molecule has 24 heavy (non-hydrogen) atoms. The van der Waals surface area contributed by atoms with Crippen molar-refractivity contribution in [3.63, 3.8) is 0 Å². The molecule has 1 aromatic carbocycles. The van der Waals surface area contributed by atoms with Crippen LogP contribution in [0.5, 0.6) is 11.6 Å². The summed E-state index contributed by atoms with van der Waals surface area (Å²) in [6.45, 7) is 8.36. The van der Waals surface area contributed by atoms with Crippen LogP contribution < -0.4 is 4.74 Å². The maximum Gasteiger partial charge on any atom is 0.247 e. The van der Waals surface area contributed by atoms with E-state index in [0.29, 0.717) is 23.4 Å². The fraction of sp³-hybridized carbons (Fsp3) is 0.333. The molecule has 0 aliphatic heterocycles. The van der Waals surface area contributed by atoms with Gasteiger partial charge in [-0.05, 0) is 30.2 Å². The van der Waals surface area contributed by atoms with E-state index in [9.17, 15) is 0 Å². The summed E-state index contributed by atoms with van der Waals surface area (Å²) >= 11 is 0. The fourth-order valence-electron chi connectivity index (χ4n) is 2.15. The van der Waals surface area contributed by atoms with Crippen LogP contribution >= 0.6 is 0 Å². The highest BCUT2D eigenvalue weighted by atomic mass is 16.5. The smallest absolute Gasteiger partial charge is 0.247 e. The zero-order valence-corrected chi connectivity index (χ0v) is 14.2. The predicted octanol–water partition coefficient (Wildman–Crippen LogP) is 4.57. The van der Waals surface area contributed by atoms with Crippen LogP contribution in [0.4, 0.5) is 0 Å². The zero-order valence-electron chi connectivity index (χ0n) is 14.2. The van der Waals surface area contributed by atoms with E-state index in [1.54, 1.807) is 0 Å². The molecule has 0 aliphatic carbocycles. The Balaban J connectivity index is 1.85. The zero-order chi connectivity index (χ0) is 17.1. The second-order valence-corrected chi connectivity index (χ2v) is 6.17. The number of rotatable bonds is 5. The van der Waals surface area contributed by atoms with Gasteiger partial charge in [0.1, 0.15) is 11.6 Å². The van der Waals surface area contributed by atoms with Gasteiger partial charge in [0.2, 0.25) is 18.2 Å². The molecule has 0 spiro atoms. The topological polar surface area (TPSA) is 73.9 Å². The van der Waals surface area contributed by atoms with Crippen molar-refractivity contribution in [1.82, 2.24) is 20.2 Å². The minimum Gasteiger partial charge on any atom is -0.439 e. The van der Waals surface area contributed by atoms with Crippen LogP contribution in [0.25, 0.3) is 11.5 Å². The minimum absolute atomic E-state index is 0.242. The van der Waals surface area contributed by atoms with Gasteiger partial charge in [0.05, 0.1) is 5.69 Å². The summed E-state index contributed by atoms with van der Waals surface area (Å²) in [4.78, 5) is 9.11. The van der Waals surface area contributed by atoms with E-state index >= 15 is 0 Å². The molecule has 0 bridgehead atoms. The van der Waals surface area contributed by atoms with Crippen molar-refractivity contribution in [3.8, 4) is 23.1 Å². The van der Waals surface area contributed by atoms with Crippen molar-refractivity contribution in [3.05, 3.63) is 48.2 Å². The third-order valence-corrected chi connectivity index (χ3v) is 3.53. The lowest BCUT2D eigenvalue weighted by atomic mass is 10.1. The van der Waals surface area contributed by atoms with Crippen LogP contribution in [-0.2, 0) is 0 Å². The molecule has 0 saturated carbocycles. The Kier molecular flexibility index (Phi) is 4.55. The normalized spacial score (nSPS) is 11.2. The number of ether oxygens (including phenoxy) is 1. The van der Waals surface area contributed by atoms with Gasteiger partial charge in [-0.3, -0.25) is 0 Å². The Morgan fingerprint density at radius 2 is 1.71 bits per heavy atom. The van der Waals surface area contributed by atoms with Gasteiger partial charge in [-0.1, -0.05) is 27.7 Å². The lowest BCUT2D eigenvalue weighted by Gasteiger charge is -2.12. The van der Waals surface area contributed by atoms with Crippen molar-refractivity contribution in [1.29, 1.82) is 0 Å². The Morgan fingerprint density at radius 3 is 2.29 bits per heavy atom. The molecule has 6 heteroatoms. The maximum absolute atomic E-state index is 5.91. The quantitative estimate of drug-likeness (QED) is 0.684. The average molecular weight is 324 g/mol. The van der Waals surface area contributed by atoms with Crippen LogP contribution in [0.3, 0.4) is 0 Å². The van der Waals surface area contributed by atoms with Gasteiger partial charge >= 0.3 is 0 Å². The van der Waals surface area contributed by atoms with E-state index in [2.05, 4.69) is 47.9 Å². The highest BCUT2D eigenvalue weighted by molar-refractivity contribution is 5.54. The first-order valence-corrected chi connectivity index (χ1v) is 7.96. The molecule has 0 N–H and O–H groups in total. The summed E-state index contributed by atoms with van der Waals surface area (Å²) in [6, 6.07) is 9.34. The van der Waals surface area contributed by atoms with Gasteiger partial charge in [0, 0.05) is 17.5 Å². The highest BCUT2D eigenvalue weighted by Crippen LogP contribution is 2.26. The Bertz CT molecular complexity index is 770. The number of nitrogens with zero attached hydrogens (tertiary/aromatic N) is 4. The number of hydrogen-bond acceptors (Lipinski definition) is 6. The van der Waals surface area contributed by atoms with E-state index in [0.717, 1.165) is 17.1 Å². The Labute approximate surface area is 140 Å². The number of aromatic nitrogens is 4. The average Bonchev–Trinajstić information content (AvgIpc) is 3.09. The maximum atomic E-state index is 5.91. The van der Waals surface area contributed by atoms with Gasteiger partial charge < -0.3 is 9.15 Å². The first-order valence-electron chi connectivity index (χ1n) is 7.96. The number of hydrogen-bond donors (Lipinski definition) is 0. The van der Waals surface area contributed by atoms with Crippen LogP contribution in [0.1, 0.15) is 51.0 Å². The lowest BCUT2D eigenvalue weighted by Crippen LogP contribution is -2.04. The summed E-state index contributed by atoms with van der Waals surface area (Å²) in [7, 11) is 0. The molecule has 0 radical (unpaired) electrons. The van der Waals surface area contributed by atoms with Crippen molar-refractivity contribution in [2.24, 2.45) is 0 Å². The first-order chi connectivity index (χ1) is 11.5. The molecule has 0 amide bonds. The van der Waals surface area contributed by atoms with Gasteiger partial charge in [-0.2, -0.15) is 4.98 Å². The Hall–Kier alpha value is -2.76. The summed E-state index contributed by atoms with van der Waals surface area (Å²) in [6.07, 6.45) is 1.31. The standard InChI is InChI=1S/C18H20N4O2/c1-11(2)15-9-16(21-17(20-15)12(3)4)24-14-7-5-13(6-8-14)18-22-19-10-23-18/h5-12H,1-4H3. The minimum atomic E-state index is 0.242. The lowest BCUT2D eigenvalue weighted by molar-refractivity contribution is 0.454. The van der Waals surface area contributed by atoms with E-state index in [4.69, 9.17) is 9.15 Å². The van der Waals surface area contributed by atoms with Crippen LogP contribution in [-0.4, -0.2) is 20.2 Å². The molecular weight excluding hydrogens is 304 g/mol. The molecule has 2 heterocycles. The van der Waals surface area contributed by atoms with Crippen LogP contribution in [0, 0.1) is 0 Å². The SMILES string of the molecule is CC(C)c1cc(Oc2ccc(-c3nnco3)cc2)nc(C(C)C)n1. The van der Waals surface area contributed by atoms with Gasteiger partial charge in [0.15, 0.2) is 0 Å². The van der Waals surface area contributed by atoms with Crippen LogP contribution in [0.15, 0.2) is 41.1 Å². The molecule has 0 unspecified atom stereocenters.